The molecular weight excluding hydrogens is 315 g/mol. The molecule has 1 N–H and O–H groups in total. The highest BCUT2D eigenvalue weighted by Crippen LogP contribution is 2.31. The first kappa shape index (κ1) is 18.5. The minimum Gasteiger partial charge on any atom is -0.493 e. The minimum atomic E-state index is -4.92. The normalized spacial score (nSPS) is 11.3. The maximum Gasteiger partial charge on any atom is 0.471 e. The number of aldehydes is 1. The van der Waals surface area contributed by atoms with Crippen LogP contribution in [0.25, 0.3) is 6.08 Å². The molecule has 0 aromatic heterocycles. The first-order chi connectivity index (χ1) is 10.8. The van der Waals surface area contributed by atoms with Crippen molar-refractivity contribution in [1.82, 2.24) is 5.32 Å². The lowest BCUT2D eigenvalue weighted by Gasteiger charge is -2.14. The van der Waals surface area contributed by atoms with E-state index in [1.807, 2.05) is 0 Å². The summed E-state index contributed by atoms with van der Waals surface area (Å²) in [5.74, 6) is -1.18. The van der Waals surface area contributed by atoms with E-state index in [1.165, 1.54) is 26.4 Å². The molecule has 0 fully saturated rings. The van der Waals surface area contributed by atoms with Gasteiger partial charge in [-0.3, -0.25) is 9.59 Å². The van der Waals surface area contributed by atoms with Gasteiger partial charge in [0.05, 0.1) is 14.2 Å². The summed E-state index contributed by atoms with van der Waals surface area (Å²) in [7, 11) is 2.86. The van der Waals surface area contributed by atoms with E-state index in [-0.39, 0.29) is 13.0 Å². The van der Waals surface area contributed by atoms with Gasteiger partial charge in [0.2, 0.25) is 0 Å². The Labute approximate surface area is 131 Å². The Hall–Kier alpha value is -2.51. The fraction of sp³-hybridized carbons (Fsp3) is 0.333. The SMILES string of the molecule is COc1cc(/C=C/C=O)c(CCNC(=O)C(F)(F)F)cc1OC. The van der Waals surface area contributed by atoms with Crippen molar-refractivity contribution in [3.63, 3.8) is 0 Å². The number of halogens is 3. The van der Waals surface area contributed by atoms with Gasteiger partial charge in [0.15, 0.2) is 11.5 Å². The number of nitrogens with one attached hydrogen (secondary N) is 1. The second-order valence-corrected chi connectivity index (χ2v) is 4.40. The van der Waals surface area contributed by atoms with Gasteiger partial charge in [-0.05, 0) is 35.8 Å². The van der Waals surface area contributed by atoms with Gasteiger partial charge in [0, 0.05) is 6.54 Å². The molecule has 0 atom stereocenters. The van der Waals surface area contributed by atoms with Crippen LogP contribution in [0.5, 0.6) is 11.5 Å². The third-order valence-electron chi connectivity index (χ3n) is 2.94. The number of alkyl halides is 3. The Morgan fingerprint density at radius 2 is 1.83 bits per heavy atom. The molecule has 1 amide bonds. The summed E-state index contributed by atoms with van der Waals surface area (Å²) in [6.07, 6.45) is -1.47. The fourth-order valence-electron chi connectivity index (χ4n) is 1.86. The first-order valence-corrected chi connectivity index (χ1v) is 6.55. The van der Waals surface area contributed by atoms with Crippen molar-refractivity contribution in [2.75, 3.05) is 20.8 Å². The lowest BCUT2D eigenvalue weighted by molar-refractivity contribution is -0.173. The van der Waals surface area contributed by atoms with E-state index in [0.717, 1.165) is 0 Å². The van der Waals surface area contributed by atoms with E-state index in [4.69, 9.17) is 9.47 Å². The molecule has 0 unspecified atom stereocenters. The standard InChI is InChI=1S/C15H16F3NO4/c1-22-12-8-10(4-3-7-20)11(9-13(12)23-2)5-6-19-14(21)15(16,17)18/h3-4,7-9H,5-6H2,1-2H3,(H,19,21)/b4-3+. The highest BCUT2D eigenvalue weighted by molar-refractivity contribution is 5.81. The molecule has 0 saturated carbocycles. The number of hydrogen-bond donors (Lipinski definition) is 1. The number of amides is 1. The van der Waals surface area contributed by atoms with E-state index in [1.54, 1.807) is 17.4 Å². The van der Waals surface area contributed by atoms with Crippen molar-refractivity contribution in [1.29, 1.82) is 0 Å². The van der Waals surface area contributed by atoms with Crippen LogP contribution in [0.1, 0.15) is 11.1 Å². The van der Waals surface area contributed by atoms with Crippen LogP contribution >= 0.6 is 0 Å². The molecule has 0 aliphatic heterocycles. The van der Waals surface area contributed by atoms with Crippen LogP contribution < -0.4 is 14.8 Å². The molecule has 0 aliphatic rings. The van der Waals surface area contributed by atoms with Crippen LogP contribution in [-0.4, -0.2) is 39.1 Å². The molecule has 1 aromatic carbocycles. The number of carbonyl (C=O) groups is 2. The predicted octanol–water partition coefficient (Wildman–Crippen LogP) is 2.14. The van der Waals surface area contributed by atoms with Gasteiger partial charge in [0.25, 0.3) is 0 Å². The van der Waals surface area contributed by atoms with Gasteiger partial charge in [-0.15, -0.1) is 0 Å². The maximum atomic E-state index is 12.1. The van der Waals surface area contributed by atoms with Crippen LogP contribution in [0.2, 0.25) is 0 Å². The Bertz CT molecular complexity index is 597. The molecule has 0 spiro atoms. The Morgan fingerprint density at radius 3 is 2.35 bits per heavy atom. The van der Waals surface area contributed by atoms with Crippen molar-refractivity contribution in [2.24, 2.45) is 0 Å². The molecule has 8 heteroatoms. The van der Waals surface area contributed by atoms with Crippen LogP contribution in [-0.2, 0) is 16.0 Å². The molecule has 0 radical (unpaired) electrons. The average Bonchev–Trinajstić information content (AvgIpc) is 2.51. The number of allylic oxidation sites excluding steroid dienone is 1. The quantitative estimate of drug-likeness (QED) is 0.614. The van der Waals surface area contributed by atoms with Crippen molar-refractivity contribution >= 4 is 18.3 Å². The number of carbonyl (C=O) groups excluding carboxylic acids is 2. The summed E-state index contributed by atoms with van der Waals surface area (Å²) in [6, 6.07) is 3.18. The van der Waals surface area contributed by atoms with Gasteiger partial charge < -0.3 is 14.8 Å². The Balaban J connectivity index is 2.96. The third kappa shape index (κ3) is 5.32. The molecule has 0 saturated heterocycles. The summed E-state index contributed by atoms with van der Waals surface area (Å²) < 4.78 is 46.7. The lowest BCUT2D eigenvalue weighted by atomic mass is 10.0. The zero-order chi connectivity index (χ0) is 17.5. The summed E-state index contributed by atoms with van der Waals surface area (Å²) in [5.41, 5.74) is 1.18. The number of methoxy groups -OCH3 is 2. The molecule has 1 aromatic rings. The van der Waals surface area contributed by atoms with Crippen molar-refractivity contribution in [3.05, 3.63) is 29.3 Å². The number of ether oxygens (including phenoxy) is 2. The van der Waals surface area contributed by atoms with Crippen molar-refractivity contribution in [2.45, 2.75) is 12.6 Å². The van der Waals surface area contributed by atoms with E-state index >= 15 is 0 Å². The second-order valence-electron chi connectivity index (χ2n) is 4.40. The van der Waals surface area contributed by atoms with Crippen molar-refractivity contribution < 1.29 is 32.2 Å². The predicted molar refractivity (Wildman–Crippen MR) is 77.4 cm³/mol. The first-order valence-electron chi connectivity index (χ1n) is 6.55. The van der Waals surface area contributed by atoms with Crippen molar-refractivity contribution in [3.8, 4) is 11.5 Å². The number of benzene rings is 1. The largest absolute Gasteiger partial charge is 0.493 e. The van der Waals surface area contributed by atoms with E-state index in [0.29, 0.717) is 28.9 Å². The van der Waals surface area contributed by atoms with Gasteiger partial charge in [0.1, 0.15) is 6.29 Å². The van der Waals surface area contributed by atoms with Crippen LogP contribution in [0.3, 0.4) is 0 Å². The van der Waals surface area contributed by atoms with Crippen LogP contribution in [0, 0.1) is 0 Å². The molecule has 0 bridgehead atoms. The average molecular weight is 331 g/mol. The van der Waals surface area contributed by atoms with Crippen LogP contribution in [0.15, 0.2) is 18.2 Å². The Morgan fingerprint density at radius 1 is 1.22 bits per heavy atom. The second kappa shape index (κ2) is 8.21. The summed E-state index contributed by atoms with van der Waals surface area (Å²) in [5, 5.41) is 1.79. The summed E-state index contributed by atoms with van der Waals surface area (Å²) >= 11 is 0. The Kier molecular flexibility index (Phi) is 6.62. The van der Waals surface area contributed by atoms with Gasteiger partial charge in [-0.2, -0.15) is 13.2 Å². The van der Waals surface area contributed by atoms with Gasteiger partial charge in [-0.1, -0.05) is 6.08 Å². The third-order valence-corrected chi connectivity index (χ3v) is 2.94. The highest BCUT2D eigenvalue weighted by Gasteiger charge is 2.38. The molecule has 5 nitrogen and oxygen atoms in total. The molecule has 23 heavy (non-hydrogen) atoms. The molecular formula is C15H16F3NO4. The van der Waals surface area contributed by atoms with Crippen LogP contribution in [0.4, 0.5) is 13.2 Å². The van der Waals surface area contributed by atoms with Gasteiger partial charge in [-0.25, -0.2) is 0 Å². The van der Waals surface area contributed by atoms with E-state index in [2.05, 4.69) is 0 Å². The zero-order valence-corrected chi connectivity index (χ0v) is 12.6. The molecule has 126 valence electrons. The van der Waals surface area contributed by atoms with Gasteiger partial charge >= 0.3 is 12.1 Å². The number of hydrogen-bond acceptors (Lipinski definition) is 4. The lowest BCUT2D eigenvalue weighted by Crippen LogP contribution is -2.37. The smallest absolute Gasteiger partial charge is 0.471 e. The molecule has 0 aliphatic carbocycles. The molecule has 1 rings (SSSR count). The number of rotatable bonds is 7. The maximum absolute atomic E-state index is 12.1. The van der Waals surface area contributed by atoms with E-state index < -0.39 is 12.1 Å². The topological polar surface area (TPSA) is 64.6 Å². The van der Waals surface area contributed by atoms with E-state index in [9.17, 15) is 22.8 Å². The zero-order valence-electron chi connectivity index (χ0n) is 12.6. The highest BCUT2D eigenvalue weighted by atomic mass is 19.4. The summed E-state index contributed by atoms with van der Waals surface area (Å²) in [6.45, 7) is -0.213. The molecule has 0 heterocycles. The summed E-state index contributed by atoms with van der Waals surface area (Å²) in [4.78, 5) is 21.3. The fourth-order valence-corrected chi connectivity index (χ4v) is 1.86. The monoisotopic (exact) mass is 331 g/mol. The minimum absolute atomic E-state index is 0.126.